The van der Waals surface area contributed by atoms with Crippen LogP contribution in [0.25, 0.3) is 0 Å². The summed E-state index contributed by atoms with van der Waals surface area (Å²) in [6.07, 6.45) is 10.5. The summed E-state index contributed by atoms with van der Waals surface area (Å²) in [5.74, 6) is 1.92. The predicted molar refractivity (Wildman–Crippen MR) is 151 cm³/mol. The lowest BCUT2D eigenvalue weighted by molar-refractivity contribution is -0.134. The fraction of sp³-hybridized carbons (Fsp3) is 0.562. The van der Waals surface area contributed by atoms with Gasteiger partial charge in [0.1, 0.15) is 11.5 Å². The number of unbranched alkanes of at least 4 members (excludes halogenated alkanes) is 1. The maximum Gasteiger partial charge on any atom is 0.222 e. The monoisotopic (exact) mass is 520 g/mol. The van der Waals surface area contributed by atoms with E-state index in [1.54, 1.807) is 19.2 Å². The van der Waals surface area contributed by atoms with Gasteiger partial charge in [0.15, 0.2) is 5.78 Å². The van der Waals surface area contributed by atoms with Gasteiger partial charge in [0, 0.05) is 37.5 Å². The van der Waals surface area contributed by atoms with E-state index in [0.717, 1.165) is 50.3 Å². The Morgan fingerprint density at radius 2 is 1.61 bits per heavy atom. The van der Waals surface area contributed by atoms with Gasteiger partial charge in [-0.15, -0.1) is 0 Å². The van der Waals surface area contributed by atoms with Gasteiger partial charge in [0.25, 0.3) is 0 Å². The van der Waals surface area contributed by atoms with Crippen LogP contribution in [0, 0.1) is 5.92 Å². The van der Waals surface area contributed by atoms with Crippen molar-refractivity contribution in [1.29, 1.82) is 0 Å². The number of nitrogens with zero attached hydrogens (tertiary/aromatic N) is 2. The summed E-state index contributed by atoms with van der Waals surface area (Å²) in [6.45, 7) is 3.94. The number of likely N-dealkylation sites (tertiary alicyclic amines) is 1. The van der Waals surface area contributed by atoms with Crippen LogP contribution >= 0.6 is 0 Å². The number of aromatic hydroxyl groups is 1. The van der Waals surface area contributed by atoms with Gasteiger partial charge in [-0.1, -0.05) is 25.0 Å². The van der Waals surface area contributed by atoms with Crippen LogP contribution in [0.2, 0.25) is 0 Å². The Labute approximate surface area is 228 Å². The van der Waals surface area contributed by atoms with Crippen LogP contribution in [-0.2, 0) is 11.2 Å². The molecule has 6 heteroatoms. The summed E-state index contributed by atoms with van der Waals surface area (Å²) >= 11 is 0. The average Bonchev–Trinajstić information content (AvgIpc) is 3.65. The zero-order chi connectivity index (χ0) is 26.7. The molecule has 6 nitrogen and oxygen atoms in total. The third-order valence-corrected chi connectivity index (χ3v) is 8.22. The van der Waals surface area contributed by atoms with Crippen LogP contribution in [0.1, 0.15) is 80.1 Å². The Balaban J connectivity index is 1.39. The largest absolute Gasteiger partial charge is 0.508 e. The fourth-order valence-electron chi connectivity index (χ4n) is 5.99. The van der Waals surface area contributed by atoms with E-state index in [1.807, 2.05) is 36.4 Å². The number of methoxy groups -OCH3 is 1. The molecule has 0 bridgehead atoms. The minimum atomic E-state index is 0.113. The van der Waals surface area contributed by atoms with Gasteiger partial charge in [-0.2, -0.15) is 0 Å². The van der Waals surface area contributed by atoms with Crippen LogP contribution < -0.4 is 4.74 Å². The van der Waals surface area contributed by atoms with Gasteiger partial charge in [-0.05, 0) is 106 Å². The minimum Gasteiger partial charge on any atom is -0.508 e. The lowest BCUT2D eigenvalue weighted by Crippen LogP contribution is -2.49. The van der Waals surface area contributed by atoms with Crippen LogP contribution in [0.3, 0.4) is 0 Å². The number of Topliss-reactive ketones (excluding diaryl/α,β-unsaturated/α-hetero) is 1. The molecule has 1 heterocycles. The Morgan fingerprint density at radius 1 is 0.947 bits per heavy atom. The number of hydrogen-bond donors (Lipinski definition) is 1. The average molecular weight is 521 g/mol. The number of carbonyl (C=O) groups excluding carboxylic acids is 2. The first-order valence-corrected chi connectivity index (χ1v) is 14.5. The van der Waals surface area contributed by atoms with E-state index in [9.17, 15) is 14.7 Å². The molecule has 38 heavy (non-hydrogen) atoms. The van der Waals surface area contributed by atoms with Crippen LogP contribution in [-0.4, -0.2) is 65.9 Å². The SMILES string of the molecule is COc1ccc(C(=O)CCCCC(=O)N(CC2CCCC2)[C@@H](Cc2ccc(O)cc2)CN2CCCC2)cc1. The summed E-state index contributed by atoms with van der Waals surface area (Å²) in [7, 11) is 1.62. The van der Waals surface area contributed by atoms with E-state index in [-0.39, 0.29) is 23.5 Å². The molecule has 206 valence electrons. The van der Waals surface area contributed by atoms with Gasteiger partial charge in [-0.3, -0.25) is 9.59 Å². The molecule has 2 aromatic carbocycles. The molecular formula is C32H44N2O4. The number of benzene rings is 2. The van der Waals surface area contributed by atoms with Crippen molar-refractivity contribution in [2.75, 3.05) is 33.3 Å². The number of carbonyl (C=O) groups is 2. The zero-order valence-corrected chi connectivity index (χ0v) is 22.9. The summed E-state index contributed by atoms with van der Waals surface area (Å²) in [4.78, 5) is 31.1. The van der Waals surface area contributed by atoms with Crippen LogP contribution in [0.4, 0.5) is 0 Å². The second-order valence-corrected chi connectivity index (χ2v) is 11.1. The molecule has 0 spiro atoms. The van der Waals surface area contributed by atoms with Crippen molar-refractivity contribution in [1.82, 2.24) is 9.80 Å². The lowest BCUT2D eigenvalue weighted by Gasteiger charge is -2.36. The van der Waals surface area contributed by atoms with Gasteiger partial charge in [0.05, 0.1) is 7.11 Å². The van der Waals surface area contributed by atoms with Crippen LogP contribution in [0.15, 0.2) is 48.5 Å². The van der Waals surface area contributed by atoms with Crippen molar-refractivity contribution in [2.24, 2.45) is 5.92 Å². The quantitative estimate of drug-likeness (QED) is 0.249. The van der Waals surface area contributed by atoms with Crippen molar-refractivity contribution >= 4 is 11.7 Å². The highest BCUT2D eigenvalue weighted by Gasteiger charge is 2.30. The number of ketones is 1. The second kappa shape index (κ2) is 14.3. The van der Waals surface area contributed by atoms with Crippen molar-refractivity contribution in [3.05, 3.63) is 59.7 Å². The van der Waals surface area contributed by atoms with Gasteiger partial charge < -0.3 is 19.6 Å². The van der Waals surface area contributed by atoms with Crippen molar-refractivity contribution in [2.45, 2.75) is 76.7 Å². The number of rotatable bonds is 14. The molecular weight excluding hydrogens is 476 g/mol. The predicted octanol–water partition coefficient (Wildman–Crippen LogP) is 5.87. The standard InChI is InChI=1S/C32H44N2O4/c1-38-30-18-14-27(15-19-30)31(36)10-4-5-11-32(37)34(23-26-8-2-3-9-26)28(24-33-20-6-7-21-33)22-25-12-16-29(35)17-13-25/h12-19,26,28,35H,2-11,20-24H2,1H3/t28-/m0/s1. The molecule has 4 rings (SSSR count). The summed E-state index contributed by atoms with van der Waals surface area (Å²) in [6, 6.07) is 14.8. The number of amides is 1. The molecule has 2 aliphatic rings. The number of phenolic OH excluding ortho intramolecular Hbond substituents is 1. The Bertz CT molecular complexity index is 1010. The van der Waals surface area contributed by atoms with Gasteiger partial charge in [-0.25, -0.2) is 0 Å². The highest BCUT2D eigenvalue weighted by Crippen LogP contribution is 2.28. The van der Waals surface area contributed by atoms with E-state index in [0.29, 0.717) is 30.7 Å². The molecule has 1 N–H and O–H groups in total. The zero-order valence-electron chi connectivity index (χ0n) is 22.9. The lowest BCUT2D eigenvalue weighted by atomic mass is 9.99. The molecule has 0 aromatic heterocycles. The summed E-state index contributed by atoms with van der Waals surface area (Å²) < 4.78 is 5.18. The summed E-state index contributed by atoms with van der Waals surface area (Å²) in [5.41, 5.74) is 1.85. The molecule has 0 radical (unpaired) electrons. The number of phenols is 1. The minimum absolute atomic E-state index is 0.113. The van der Waals surface area contributed by atoms with E-state index in [1.165, 1.54) is 38.5 Å². The van der Waals surface area contributed by atoms with E-state index >= 15 is 0 Å². The van der Waals surface area contributed by atoms with Gasteiger partial charge >= 0.3 is 0 Å². The maximum absolute atomic E-state index is 13.7. The second-order valence-electron chi connectivity index (χ2n) is 11.1. The molecule has 1 amide bonds. The molecule has 0 unspecified atom stereocenters. The normalized spacial score (nSPS) is 17.0. The Morgan fingerprint density at radius 3 is 2.26 bits per heavy atom. The molecule has 1 saturated heterocycles. The smallest absolute Gasteiger partial charge is 0.222 e. The number of hydrogen-bond acceptors (Lipinski definition) is 5. The molecule has 2 aromatic rings. The van der Waals surface area contributed by atoms with Crippen molar-refractivity contribution < 1.29 is 19.4 Å². The number of ether oxygens (including phenoxy) is 1. The topological polar surface area (TPSA) is 70.1 Å². The molecule has 2 fully saturated rings. The molecule has 1 atom stereocenters. The molecule has 1 aliphatic heterocycles. The maximum atomic E-state index is 13.7. The highest BCUT2D eigenvalue weighted by molar-refractivity contribution is 5.96. The first-order chi connectivity index (χ1) is 18.5. The fourth-order valence-corrected chi connectivity index (χ4v) is 5.99. The third kappa shape index (κ3) is 8.32. The first-order valence-electron chi connectivity index (χ1n) is 14.5. The Kier molecular flexibility index (Phi) is 10.6. The van der Waals surface area contributed by atoms with Crippen LogP contribution in [0.5, 0.6) is 11.5 Å². The third-order valence-electron chi connectivity index (χ3n) is 8.22. The highest BCUT2D eigenvalue weighted by atomic mass is 16.5. The van der Waals surface area contributed by atoms with Crippen molar-refractivity contribution in [3.8, 4) is 11.5 Å². The van der Waals surface area contributed by atoms with E-state index in [4.69, 9.17) is 4.74 Å². The van der Waals surface area contributed by atoms with E-state index in [2.05, 4.69) is 9.80 Å². The molecule has 1 aliphatic carbocycles. The van der Waals surface area contributed by atoms with E-state index < -0.39 is 0 Å². The molecule has 1 saturated carbocycles. The first kappa shape index (κ1) is 28.2. The Hall–Kier alpha value is -2.86. The summed E-state index contributed by atoms with van der Waals surface area (Å²) in [5, 5.41) is 9.76. The van der Waals surface area contributed by atoms with Crippen molar-refractivity contribution in [3.63, 3.8) is 0 Å². The van der Waals surface area contributed by atoms with Gasteiger partial charge in [0.2, 0.25) is 5.91 Å².